The van der Waals surface area contributed by atoms with Gasteiger partial charge >= 0.3 is 12.0 Å². The van der Waals surface area contributed by atoms with Crippen molar-refractivity contribution in [3.05, 3.63) is 28.8 Å². The van der Waals surface area contributed by atoms with Gasteiger partial charge in [-0.3, -0.25) is 0 Å². The molecule has 5 nitrogen and oxygen atoms in total. The van der Waals surface area contributed by atoms with Crippen LogP contribution in [-0.4, -0.2) is 17.1 Å². The van der Waals surface area contributed by atoms with Gasteiger partial charge in [-0.2, -0.15) is 0 Å². The molecule has 0 unspecified atom stereocenters. The summed E-state index contributed by atoms with van der Waals surface area (Å²) in [4.78, 5) is 21.8. The first-order valence-electron chi connectivity index (χ1n) is 4.49. The minimum atomic E-state index is -0.992. The minimum Gasteiger partial charge on any atom is -0.478 e. The lowest BCUT2D eigenvalue weighted by molar-refractivity contribution is 0.0696. The van der Waals surface area contributed by atoms with E-state index < -0.39 is 5.97 Å². The summed E-state index contributed by atoms with van der Waals surface area (Å²) >= 11 is 0. The molecule has 2 amide bonds. The average Bonchev–Trinajstić information content (AvgIpc) is 2.16. The van der Waals surface area contributed by atoms with Crippen molar-refractivity contribution < 1.29 is 14.7 Å². The van der Waals surface area contributed by atoms with Crippen LogP contribution in [0.3, 0.4) is 0 Å². The first-order chi connectivity index (χ1) is 7.08. The number of nitrogens with one attached hydrogen (secondary N) is 2. The fourth-order valence-electron chi connectivity index (χ4n) is 1.62. The molecular formula is C10H10N2O3. The Labute approximate surface area is 86.1 Å². The van der Waals surface area contributed by atoms with Crippen LogP contribution in [0.1, 0.15) is 21.5 Å². The molecule has 3 N–H and O–H groups in total. The molecule has 1 aliphatic heterocycles. The molecule has 1 aromatic rings. The van der Waals surface area contributed by atoms with E-state index in [9.17, 15) is 9.59 Å². The van der Waals surface area contributed by atoms with E-state index in [1.165, 1.54) is 6.07 Å². The zero-order valence-electron chi connectivity index (χ0n) is 8.13. The van der Waals surface area contributed by atoms with Crippen LogP contribution in [0.5, 0.6) is 0 Å². The zero-order chi connectivity index (χ0) is 11.0. The number of carbonyl (C=O) groups is 2. The zero-order valence-corrected chi connectivity index (χ0v) is 8.13. The van der Waals surface area contributed by atoms with Gasteiger partial charge in [-0.15, -0.1) is 0 Å². The number of hydrogen-bond acceptors (Lipinski definition) is 2. The molecule has 0 aromatic heterocycles. The van der Waals surface area contributed by atoms with E-state index in [1.807, 2.05) is 6.92 Å². The molecule has 15 heavy (non-hydrogen) atoms. The van der Waals surface area contributed by atoms with Crippen LogP contribution in [-0.2, 0) is 6.54 Å². The van der Waals surface area contributed by atoms with Crippen LogP contribution in [0, 0.1) is 6.92 Å². The van der Waals surface area contributed by atoms with Gasteiger partial charge in [0.1, 0.15) is 0 Å². The monoisotopic (exact) mass is 206 g/mol. The standard InChI is InChI=1S/C10H10N2O3/c1-5-2-6(9(13)14)3-8-7(5)4-11-10(15)12-8/h2-3H,4H2,1H3,(H,13,14)(H2,11,12,15). The van der Waals surface area contributed by atoms with Crippen molar-refractivity contribution in [1.82, 2.24) is 5.32 Å². The maximum absolute atomic E-state index is 11.0. The lowest BCUT2D eigenvalue weighted by Gasteiger charge is -2.20. The summed E-state index contributed by atoms with van der Waals surface area (Å²) < 4.78 is 0. The van der Waals surface area contributed by atoms with E-state index in [4.69, 9.17) is 5.11 Å². The number of amides is 2. The van der Waals surface area contributed by atoms with E-state index in [-0.39, 0.29) is 11.6 Å². The lowest BCUT2D eigenvalue weighted by atomic mass is 10.0. The Hall–Kier alpha value is -2.04. The average molecular weight is 206 g/mol. The van der Waals surface area contributed by atoms with E-state index >= 15 is 0 Å². The summed E-state index contributed by atoms with van der Waals surface area (Å²) in [5.74, 6) is -0.992. The molecule has 0 radical (unpaired) electrons. The largest absolute Gasteiger partial charge is 0.478 e. The normalized spacial score (nSPS) is 13.8. The van der Waals surface area contributed by atoms with Gasteiger partial charge in [-0.1, -0.05) is 0 Å². The number of carboxylic acids is 1. The summed E-state index contributed by atoms with van der Waals surface area (Å²) in [6.45, 7) is 2.26. The van der Waals surface area contributed by atoms with Gasteiger partial charge in [0.15, 0.2) is 0 Å². The molecule has 0 atom stereocenters. The van der Waals surface area contributed by atoms with E-state index in [0.717, 1.165) is 11.1 Å². The highest BCUT2D eigenvalue weighted by atomic mass is 16.4. The van der Waals surface area contributed by atoms with Gasteiger partial charge in [0.25, 0.3) is 0 Å². The van der Waals surface area contributed by atoms with Gasteiger partial charge in [0, 0.05) is 12.2 Å². The highest BCUT2D eigenvalue weighted by molar-refractivity contribution is 5.96. The van der Waals surface area contributed by atoms with Gasteiger partial charge in [0.05, 0.1) is 5.56 Å². The first-order valence-corrected chi connectivity index (χ1v) is 4.49. The van der Waals surface area contributed by atoms with Crippen LogP contribution in [0.4, 0.5) is 10.5 Å². The van der Waals surface area contributed by atoms with E-state index in [1.54, 1.807) is 6.07 Å². The van der Waals surface area contributed by atoms with Crippen LogP contribution < -0.4 is 10.6 Å². The summed E-state index contributed by atoms with van der Waals surface area (Å²) in [7, 11) is 0. The van der Waals surface area contributed by atoms with Crippen molar-refractivity contribution in [2.45, 2.75) is 13.5 Å². The van der Waals surface area contributed by atoms with Crippen molar-refractivity contribution in [2.75, 3.05) is 5.32 Å². The van der Waals surface area contributed by atoms with Crippen molar-refractivity contribution in [3.63, 3.8) is 0 Å². The molecule has 1 heterocycles. The maximum atomic E-state index is 11.0. The molecule has 5 heteroatoms. The quantitative estimate of drug-likeness (QED) is 0.648. The predicted molar refractivity (Wildman–Crippen MR) is 54.0 cm³/mol. The second-order valence-corrected chi connectivity index (χ2v) is 3.43. The Morgan fingerprint density at radius 2 is 2.20 bits per heavy atom. The third-order valence-electron chi connectivity index (χ3n) is 2.39. The summed E-state index contributed by atoms with van der Waals surface area (Å²) in [6, 6.07) is 2.77. The number of aromatic carboxylic acids is 1. The van der Waals surface area contributed by atoms with Crippen molar-refractivity contribution in [2.24, 2.45) is 0 Å². The van der Waals surface area contributed by atoms with Gasteiger partial charge in [-0.05, 0) is 30.2 Å². The topological polar surface area (TPSA) is 78.4 Å². The van der Waals surface area contributed by atoms with Crippen molar-refractivity contribution in [1.29, 1.82) is 0 Å². The highest BCUT2D eigenvalue weighted by Crippen LogP contribution is 2.24. The van der Waals surface area contributed by atoms with Crippen molar-refractivity contribution in [3.8, 4) is 0 Å². The second-order valence-electron chi connectivity index (χ2n) is 3.43. The summed E-state index contributed by atoms with van der Waals surface area (Å²) in [5, 5.41) is 14.1. The number of benzene rings is 1. The SMILES string of the molecule is Cc1cc(C(=O)O)cc2c1CNC(=O)N2. The minimum absolute atomic E-state index is 0.188. The number of rotatable bonds is 1. The number of carbonyl (C=O) groups excluding carboxylic acids is 1. The van der Waals surface area contributed by atoms with Crippen LogP contribution >= 0.6 is 0 Å². The third-order valence-corrected chi connectivity index (χ3v) is 2.39. The number of aryl methyl sites for hydroxylation is 1. The molecule has 78 valence electrons. The molecule has 1 aliphatic rings. The fraction of sp³-hybridized carbons (Fsp3) is 0.200. The highest BCUT2D eigenvalue weighted by Gasteiger charge is 2.18. The molecule has 0 bridgehead atoms. The van der Waals surface area contributed by atoms with Crippen molar-refractivity contribution >= 4 is 17.7 Å². The van der Waals surface area contributed by atoms with Gasteiger partial charge in [-0.25, -0.2) is 9.59 Å². The maximum Gasteiger partial charge on any atom is 0.335 e. The van der Waals surface area contributed by atoms with Crippen LogP contribution in [0.15, 0.2) is 12.1 Å². The lowest BCUT2D eigenvalue weighted by Crippen LogP contribution is -2.34. The molecule has 0 spiro atoms. The third kappa shape index (κ3) is 1.63. The van der Waals surface area contributed by atoms with Crippen LogP contribution in [0.25, 0.3) is 0 Å². The van der Waals surface area contributed by atoms with Crippen LogP contribution in [0.2, 0.25) is 0 Å². The molecule has 0 saturated heterocycles. The Balaban J connectivity index is 2.53. The number of fused-ring (bicyclic) bond motifs is 1. The number of urea groups is 1. The number of carboxylic acid groups (broad SMARTS) is 1. The molecular weight excluding hydrogens is 196 g/mol. The van der Waals surface area contributed by atoms with E-state index in [0.29, 0.717) is 12.2 Å². The number of hydrogen-bond donors (Lipinski definition) is 3. The summed E-state index contributed by atoms with van der Waals surface area (Å²) in [6.07, 6.45) is 0. The number of anilines is 1. The predicted octanol–water partition coefficient (Wildman–Crippen LogP) is 1.33. The fourth-order valence-corrected chi connectivity index (χ4v) is 1.62. The van der Waals surface area contributed by atoms with Gasteiger partial charge in [0.2, 0.25) is 0 Å². The van der Waals surface area contributed by atoms with Gasteiger partial charge < -0.3 is 15.7 Å². The molecule has 0 saturated carbocycles. The Morgan fingerprint density at radius 3 is 2.87 bits per heavy atom. The Kier molecular flexibility index (Phi) is 2.07. The molecule has 0 aliphatic carbocycles. The molecule has 2 rings (SSSR count). The Morgan fingerprint density at radius 1 is 1.47 bits per heavy atom. The first kappa shape index (κ1) is 9.51. The summed E-state index contributed by atoms with van der Waals surface area (Å²) in [5.41, 5.74) is 2.56. The Bertz CT molecular complexity index is 454. The molecule has 0 fully saturated rings. The smallest absolute Gasteiger partial charge is 0.335 e. The molecule has 1 aromatic carbocycles. The second kappa shape index (κ2) is 3.27. The van der Waals surface area contributed by atoms with E-state index in [2.05, 4.69) is 10.6 Å².